The number of fused-ring (bicyclic) bond motifs is 2. The number of hydrogen-bond donors (Lipinski definition) is 2. The molecule has 2 aromatic carbocycles. The first-order chi connectivity index (χ1) is 18.0. The summed E-state index contributed by atoms with van der Waals surface area (Å²) < 4.78 is 34.6. The molecule has 6 rings (SSSR count). The summed E-state index contributed by atoms with van der Waals surface area (Å²) in [6.07, 6.45) is 4.08. The van der Waals surface area contributed by atoms with Crippen LogP contribution in [-0.2, 0) is 4.74 Å². The molecule has 0 aliphatic carbocycles. The van der Waals surface area contributed by atoms with E-state index < -0.39 is 11.6 Å². The monoisotopic (exact) mass is 498 g/mol. The summed E-state index contributed by atoms with van der Waals surface area (Å²) in [6.45, 7) is 2.82. The zero-order valence-corrected chi connectivity index (χ0v) is 19.9. The maximum absolute atomic E-state index is 14.3. The lowest BCUT2D eigenvalue weighted by Crippen LogP contribution is -2.57. The van der Waals surface area contributed by atoms with Crippen molar-refractivity contribution < 1.29 is 13.5 Å². The quantitative estimate of drug-likeness (QED) is 0.435. The molecule has 2 atom stereocenters. The second kappa shape index (κ2) is 9.39. The molecule has 0 radical (unpaired) electrons. The zero-order chi connectivity index (χ0) is 25.5. The molecule has 2 unspecified atom stereocenters. The number of nitriles is 1. The van der Waals surface area contributed by atoms with E-state index in [0.29, 0.717) is 41.2 Å². The number of nitrogens with zero attached hydrogens (tertiary/aromatic N) is 4. The smallest absolute Gasteiger partial charge is 0.126 e. The second-order valence-electron chi connectivity index (χ2n) is 9.35. The highest BCUT2D eigenvalue weighted by Crippen LogP contribution is 2.40. The van der Waals surface area contributed by atoms with Gasteiger partial charge >= 0.3 is 0 Å². The van der Waals surface area contributed by atoms with E-state index in [2.05, 4.69) is 26.3 Å². The van der Waals surface area contributed by atoms with Gasteiger partial charge in [0.15, 0.2) is 0 Å². The molecule has 2 aliphatic rings. The molecule has 2 aliphatic heterocycles. The van der Waals surface area contributed by atoms with E-state index in [1.54, 1.807) is 18.5 Å². The number of piperidine rings is 1. The first kappa shape index (κ1) is 23.3. The maximum atomic E-state index is 14.3. The van der Waals surface area contributed by atoms with E-state index in [1.165, 1.54) is 12.1 Å². The van der Waals surface area contributed by atoms with Crippen LogP contribution in [0.5, 0.6) is 0 Å². The molecule has 7 nitrogen and oxygen atoms in total. The highest BCUT2D eigenvalue weighted by Gasteiger charge is 2.33. The fraction of sp³-hybridized carbons (Fsp3) is 0.250. The minimum atomic E-state index is -0.654. The van der Waals surface area contributed by atoms with Gasteiger partial charge in [0, 0.05) is 60.6 Å². The van der Waals surface area contributed by atoms with Crippen LogP contribution in [0.2, 0.25) is 0 Å². The summed E-state index contributed by atoms with van der Waals surface area (Å²) >= 11 is 0. The fourth-order valence-corrected chi connectivity index (χ4v) is 5.36. The number of morpholine rings is 1. The molecule has 0 saturated carbocycles. The molecule has 0 amide bonds. The van der Waals surface area contributed by atoms with Crippen LogP contribution in [0, 0.1) is 23.0 Å². The van der Waals surface area contributed by atoms with Crippen molar-refractivity contribution >= 4 is 22.3 Å². The third-order valence-corrected chi connectivity index (χ3v) is 7.11. The molecule has 4 heterocycles. The topological polar surface area (TPSA) is 100 Å². The molecule has 2 saturated heterocycles. The van der Waals surface area contributed by atoms with Crippen LogP contribution in [0.15, 0.2) is 54.9 Å². The molecule has 9 heteroatoms. The number of rotatable bonds is 3. The molecule has 0 spiro atoms. The number of nitrogens with two attached hydrogens (primary N) is 1. The molecule has 0 bridgehead atoms. The predicted molar refractivity (Wildman–Crippen MR) is 138 cm³/mol. The summed E-state index contributed by atoms with van der Waals surface area (Å²) in [7, 11) is 0. The minimum Gasteiger partial charge on any atom is -0.396 e. The molecule has 3 N–H and O–H groups in total. The van der Waals surface area contributed by atoms with Gasteiger partial charge < -0.3 is 20.7 Å². The Balaban J connectivity index is 1.56. The lowest BCUT2D eigenvalue weighted by atomic mass is 9.95. The van der Waals surface area contributed by atoms with Crippen LogP contribution in [0.25, 0.3) is 33.3 Å². The molecular weight excluding hydrogens is 474 g/mol. The number of pyridine rings is 2. The van der Waals surface area contributed by atoms with E-state index in [4.69, 9.17) is 10.5 Å². The summed E-state index contributed by atoms with van der Waals surface area (Å²) in [5.74, 6) is -1.31. The Kier molecular flexibility index (Phi) is 5.91. The van der Waals surface area contributed by atoms with Crippen molar-refractivity contribution in [2.24, 2.45) is 0 Å². The predicted octanol–water partition coefficient (Wildman–Crippen LogP) is 4.26. The van der Waals surface area contributed by atoms with Gasteiger partial charge in [0.25, 0.3) is 0 Å². The van der Waals surface area contributed by atoms with E-state index >= 15 is 0 Å². The van der Waals surface area contributed by atoms with Gasteiger partial charge in [-0.05, 0) is 42.3 Å². The van der Waals surface area contributed by atoms with Crippen molar-refractivity contribution in [1.29, 1.82) is 5.26 Å². The number of anilines is 2. The average molecular weight is 499 g/mol. The van der Waals surface area contributed by atoms with Gasteiger partial charge in [0.1, 0.15) is 17.7 Å². The average Bonchev–Trinajstić information content (AvgIpc) is 2.91. The number of halogens is 2. The van der Waals surface area contributed by atoms with Gasteiger partial charge in [-0.15, -0.1) is 0 Å². The Morgan fingerprint density at radius 3 is 2.73 bits per heavy atom. The minimum absolute atomic E-state index is 0.00406. The van der Waals surface area contributed by atoms with Gasteiger partial charge in [-0.25, -0.2) is 8.78 Å². The van der Waals surface area contributed by atoms with Crippen molar-refractivity contribution in [3.8, 4) is 28.5 Å². The highest BCUT2D eigenvalue weighted by atomic mass is 19.1. The lowest BCUT2D eigenvalue weighted by molar-refractivity contribution is -0.00896. The van der Waals surface area contributed by atoms with E-state index in [1.807, 2.05) is 18.2 Å². The molecule has 2 aromatic heterocycles. The second-order valence-corrected chi connectivity index (χ2v) is 9.35. The van der Waals surface area contributed by atoms with E-state index in [-0.39, 0.29) is 12.1 Å². The van der Waals surface area contributed by atoms with Crippen molar-refractivity contribution in [3.05, 3.63) is 72.1 Å². The number of nitrogens with one attached hydrogen (secondary N) is 1. The fourth-order valence-electron chi connectivity index (χ4n) is 5.36. The Labute approximate surface area is 212 Å². The van der Waals surface area contributed by atoms with Gasteiger partial charge in [-0.3, -0.25) is 9.97 Å². The van der Waals surface area contributed by atoms with Crippen LogP contribution in [0.3, 0.4) is 0 Å². The zero-order valence-electron chi connectivity index (χ0n) is 19.9. The number of ether oxygens (including phenoxy) is 1. The van der Waals surface area contributed by atoms with Gasteiger partial charge in [-0.1, -0.05) is 6.07 Å². The molecule has 2 fully saturated rings. The van der Waals surface area contributed by atoms with E-state index in [0.717, 1.165) is 47.7 Å². The number of nitrogen functional groups attached to an aromatic ring is 1. The standard InChI is InChI=1S/C28H24F2N6O/c29-19-9-18(10-20(30)12-19)22-14-35-23-2-1-16(27-26(32)17(13-31)3-5-34-27)11-21(23)28(22)36-7-4-24-25(15-36)37-8-6-33-24/h1-3,5,9-12,14,24-25,33H,4,6-8,15,32H2. The normalized spacial score (nSPS) is 19.4. The first-order valence-electron chi connectivity index (χ1n) is 12.2. The highest BCUT2D eigenvalue weighted by molar-refractivity contribution is 6.02. The summed E-state index contributed by atoms with van der Waals surface area (Å²) in [4.78, 5) is 11.3. The SMILES string of the molecule is N#Cc1ccnc(-c2ccc3ncc(-c4cc(F)cc(F)c4)c(N4CCC5NCCOC5C4)c3c2)c1N. The Bertz CT molecular complexity index is 1530. The van der Waals surface area contributed by atoms with Crippen molar-refractivity contribution in [2.75, 3.05) is 36.9 Å². The molecule has 186 valence electrons. The Hall–Kier alpha value is -4.13. The van der Waals surface area contributed by atoms with Crippen molar-refractivity contribution in [1.82, 2.24) is 15.3 Å². The van der Waals surface area contributed by atoms with Crippen LogP contribution in [-0.4, -0.2) is 48.4 Å². The van der Waals surface area contributed by atoms with E-state index in [9.17, 15) is 14.0 Å². The summed E-state index contributed by atoms with van der Waals surface area (Å²) in [6, 6.07) is 13.1. The molecule has 37 heavy (non-hydrogen) atoms. The maximum Gasteiger partial charge on any atom is 0.126 e. The first-order valence-corrected chi connectivity index (χ1v) is 12.2. The van der Waals surface area contributed by atoms with Crippen molar-refractivity contribution in [2.45, 2.75) is 18.6 Å². The Morgan fingerprint density at radius 2 is 1.92 bits per heavy atom. The summed E-state index contributed by atoms with van der Waals surface area (Å²) in [5.41, 5.74) is 10.7. The van der Waals surface area contributed by atoms with Crippen LogP contribution in [0.1, 0.15) is 12.0 Å². The molecular formula is C28H24F2N6O. The van der Waals surface area contributed by atoms with Crippen LogP contribution >= 0.6 is 0 Å². The number of aromatic nitrogens is 2. The van der Waals surface area contributed by atoms with Gasteiger partial charge in [0.05, 0.1) is 40.9 Å². The van der Waals surface area contributed by atoms with Crippen LogP contribution < -0.4 is 16.0 Å². The summed E-state index contributed by atoms with van der Waals surface area (Å²) in [5, 5.41) is 13.7. The van der Waals surface area contributed by atoms with Crippen LogP contribution in [0.4, 0.5) is 20.2 Å². The largest absolute Gasteiger partial charge is 0.396 e. The van der Waals surface area contributed by atoms with Gasteiger partial charge in [0.2, 0.25) is 0 Å². The number of hydrogen-bond acceptors (Lipinski definition) is 7. The van der Waals surface area contributed by atoms with Gasteiger partial charge in [-0.2, -0.15) is 5.26 Å². The lowest BCUT2D eigenvalue weighted by Gasteiger charge is -2.43. The molecule has 4 aromatic rings. The Morgan fingerprint density at radius 1 is 1.08 bits per heavy atom. The third-order valence-electron chi connectivity index (χ3n) is 7.11. The number of benzene rings is 2. The van der Waals surface area contributed by atoms with Crippen molar-refractivity contribution in [3.63, 3.8) is 0 Å². The third kappa shape index (κ3) is 4.24.